The quantitative estimate of drug-likeness (QED) is 0.785. The van der Waals surface area contributed by atoms with Gasteiger partial charge in [0, 0.05) is 18.3 Å². The van der Waals surface area contributed by atoms with Gasteiger partial charge in [0.1, 0.15) is 10.7 Å². The van der Waals surface area contributed by atoms with Crippen molar-refractivity contribution in [3.05, 3.63) is 24.0 Å². The van der Waals surface area contributed by atoms with Crippen LogP contribution in [0.2, 0.25) is 0 Å². The van der Waals surface area contributed by atoms with Crippen LogP contribution in [0.25, 0.3) is 0 Å². The molecule has 1 aliphatic rings. The fourth-order valence-electron chi connectivity index (χ4n) is 2.19. The molecule has 1 aromatic carbocycles. The van der Waals surface area contributed by atoms with E-state index in [-0.39, 0.29) is 23.7 Å². The molecule has 1 saturated heterocycles. The van der Waals surface area contributed by atoms with E-state index in [1.807, 2.05) is 0 Å². The third-order valence-corrected chi connectivity index (χ3v) is 6.99. The summed E-state index contributed by atoms with van der Waals surface area (Å²) in [5.41, 5.74) is 5.51. The minimum atomic E-state index is -4.07. The van der Waals surface area contributed by atoms with Crippen molar-refractivity contribution in [2.75, 3.05) is 23.8 Å². The summed E-state index contributed by atoms with van der Waals surface area (Å²) in [4.78, 5) is -0.488. The van der Waals surface area contributed by atoms with Crippen LogP contribution in [0.15, 0.2) is 23.1 Å². The van der Waals surface area contributed by atoms with Crippen LogP contribution >= 0.6 is 0 Å². The van der Waals surface area contributed by atoms with Gasteiger partial charge in [-0.15, -0.1) is 0 Å². The van der Waals surface area contributed by atoms with Gasteiger partial charge in [-0.25, -0.2) is 21.2 Å². The van der Waals surface area contributed by atoms with Gasteiger partial charge < -0.3 is 5.73 Å². The van der Waals surface area contributed by atoms with E-state index in [1.165, 1.54) is 13.0 Å². The van der Waals surface area contributed by atoms with E-state index in [9.17, 15) is 21.2 Å². The summed E-state index contributed by atoms with van der Waals surface area (Å²) in [6, 6.07) is 2.59. The second kappa shape index (κ2) is 4.97. The van der Waals surface area contributed by atoms with Crippen molar-refractivity contribution in [1.82, 2.24) is 4.31 Å². The number of nitrogens with zero attached hydrogens (tertiary/aromatic N) is 1. The summed E-state index contributed by atoms with van der Waals surface area (Å²) < 4.78 is 62.5. The summed E-state index contributed by atoms with van der Waals surface area (Å²) in [5.74, 6) is -1.46. The molecule has 0 bridgehead atoms. The highest BCUT2D eigenvalue weighted by Crippen LogP contribution is 2.25. The van der Waals surface area contributed by atoms with Gasteiger partial charge in [-0.1, -0.05) is 0 Å². The normalized spacial score (nSPS) is 23.6. The van der Waals surface area contributed by atoms with Gasteiger partial charge in [-0.3, -0.25) is 0 Å². The molecule has 1 atom stereocenters. The van der Waals surface area contributed by atoms with Gasteiger partial charge in [0.25, 0.3) is 0 Å². The monoisotopic (exact) mass is 322 g/mol. The minimum absolute atomic E-state index is 0.121. The molecule has 0 aromatic heterocycles. The predicted octanol–water partition coefficient (Wildman–Crippen LogP) is 0.215. The van der Waals surface area contributed by atoms with E-state index >= 15 is 0 Å². The minimum Gasteiger partial charge on any atom is -0.399 e. The number of nitrogen functional groups attached to an aromatic ring is 1. The molecule has 2 rings (SSSR count). The molecule has 2 N–H and O–H groups in total. The van der Waals surface area contributed by atoms with Gasteiger partial charge in [0.2, 0.25) is 10.0 Å². The maximum atomic E-state index is 13.8. The van der Waals surface area contributed by atoms with E-state index < -0.39 is 36.6 Å². The Hall–Kier alpha value is -1.19. The number of hydrogen-bond acceptors (Lipinski definition) is 5. The lowest BCUT2D eigenvalue weighted by atomic mass is 10.3. The van der Waals surface area contributed by atoms with Crippen molar-refractivity contribution in [3.63, 3.8) is 0 Å². The highest BCUT2D eigenvalue weighted by Gasteiger charge is 2.37. The molecule has 112 valence electrons. The number of hydrogen-bond donors (Lipinski definition) is 1. The van der Waals surface area contributed by atoms with Crippen molar-refractivity contribution in [3.8, 4) is 0 Å². The third kappa shape index (κ3) is 2.79. The zero-order valence-corrected chi connectivity index (χ0v) is 12.4. The summed E-state index contributed by atoms with van der Waals surface area (Å²) in [6.07, 6.45) is 0. The zero-order chi connectivity index (χ0) is 15.1. The van der Waals surface area contributed by atoms with Crippen LogP contribution in [0.5, 0.6) is 0 Å². The summed E-state index contributed by atoms with van der Waals surface area (Å²) in [6.45, 7) is 1.32. The zero-order valence-electron chi connectivity index (χ0n) is 10.8. The second-order valence-corrected chi connectivity index (χ2v) is 8.86. The van der Waals surface area contributed by atoms with Gasteiger partial charge >= 0.3 is 0 Å². The number of benzene rings is 1. The van der Waals surface area contributed by atoms with Gasteiger partial charge in [-0.05, 0) is 25.1 Å². The predicted molar refractivity (Wildman–Crippen MR) is 72.8 cm³/mol. The Kier molecular flexibility index (Phi) is 3.78. The summed E-state index contributed by atoms with van der Waals surface area (Å²) in [7, 11) is -7.31. The lowest BCUT2D eigenvalue weighted by Crippen LogP contribution is -2.49. The third-order valence-electron chi connectivity index (χ3n) is 3.15. The van der Waals surface area contributed by atoms with Crippen LogP contribution in [0.1, 0.15) is 6.92 Å². The molecule has 1 unspecified atom stereocenters. The fourth-order valence-corrected chi connectivity index (χ4v) is 5.64. The number of sulfonamides is 1. The standard InChI is InChI=1S/C11H15FN2O4S2/c1-8-7-19(15,16)5-4-14(8)20(17,18)11-3-2-9(13)6-10(11)12/h2-3,6,8H,4-5,7,13H2,1H3. The first kappa shape index (κ1) is 15.2. The van der Waals surface area contributed by atoms with Crippen molar-refractivity contribution in [1.29, 1.82) is 0 Å². The van der Waals surface area contributed by atoms with E-state index in [1.54, 1.807) is 0 Å². The molecule has 0 amide bonds. The van der Waals surface area contributed by atoms with Crippen molar-refractivity contribution >= 4 is 25.5 Å². The maximum Gasteiger partial charge on any atom is 0.246 e. The molecule has 0 spiro atoms. The van der Waals surface area contributed by atoms with E-state index in [0.717, 1.165) is 16.4 Å². The fraction of sp³-hybridized carbons (Fsp3) is 0.455. The Balaban J connectivity index is 2.41. The van der Waals surface area contributed by atoms with E-state index in [0.29, 0.717) is 0 Å². The molecule has 1 aliphatic heterocycles. The number of nitrogens with two attached hydrogens (primary N) is 1. The van der Waals surface area contributed by atoms with Crippen LogP contribution in [-0.4, -0.2) is 45.2 Å². The van der Waals surface area contributed by atoms with Gasteiger partial charge in [-0.2, -0.15) is 4.31 Å². The van der Waals surface area contributed by atoms with Crippen molar-refractivity contribution < 1.29 is 21.2 Å². The second-order valence-electron chi connectivity index (χ2n) is 4.77. The SMILES string of the molecule is CC1CS(=O)(=O)CCN1S(=O)(=O)c1ccc(N)cc1F. The average molecular weight is 322 g/mol. The van der Waals surface area contributed by atoms with Crippen molar-refractivity contribution in [2.24, 2.45) is 0 Å². The summed E-state index contributed by atoms with van der Waals surface area (Å²) in [5, 5.41) is 0. The molecule has 1 heterocycles. The first-order chi connectivity index (χ1) is 9.13. The Morgan fingerprint density at radius 1 is 1.40 bits per heavy atom. The van der Waals surface area contributed by atoms with Crippen LogP contribution in [0.4, 0.5) is 10.1 Å². The molecule has 6 nitrogen and oxygen atoms in total. The molecule has 0 radical (unpaired) electrons. The lowest BCUT2D eigenvalue weighted by molar-refractivity contribution is 0.355. The Bertz CT molecular complexity index is 731. The highest BCUT2D eigenvalue weighted by atomic mass is 32.2. The molecule has 1 fully saturated rings. The highest BCUT2D eigenvalue weighted by molar-refractivity contribution is 7.92. The molecule has 9 heteroatoms. The number of anilines is 1. The summed E-state index contributed by atoms with van der Waals surface area (Å²) >= 11 is 0. The van der Waals surface area contributed by atoms with Crippen LogP contribution < -0.4 is 5.73 Å². The topological polar surface area (TPSA) is 97.5 Å². The first-order valence-corrected chi connectivity index (χ1v) is 9.17. The largest absolute Gasteiger partial charge is 0.399 e. The molecule has 20 heavy (non-hydrogen) atoms. The molecule has 1 aromatic rings. The van der Waals surface area contributed by atoms with Gasteiger partial charge in [0.15, 0.2) is 9.84 Å². The molecular formula is C11H15FN2O4S2. The smallest absolute Gasteiger partial charge is 0.246 e. The average Bonchev–Trinajstić information content (AvgIpc) is 2.26. The Labute approximate surface area is 117 Å². The van der Waals surface area contributed by atoms with Crippen molar-refractivity contribution in [2.45, 2.75) is 17.9 Å². The van der Waals surface area contributed by atoms with Crippen LogP contribution in [0, 0.1) is 5.82 Å². The van der Waals surface area contributed by atoms with Crippen LogP contribution in [0.3, 0.4) is 0 Å². The van der Waals surface area contributed by atoms with Crippen LogP contribution in [-0.2, 0) is 19.9 Å². The maximum absolute atomic E-state index is 13.8. The Morgan fingerprint density at radius 2 is 2.05 bits per heavy atom. The molecule has 0 aliphatic carbocycles. The number of sulfone groups is 1. The Morgan fingerprint density at radius 3 is 2.60 bits per heavy atom. The number of rotatable bonds is 2. The molecule has 0 saturated carbocycles. The van der Waals surface area contributed by atoms with E-state index in [4.69, 9.17) is 5.73 Å². The van der Waals surface area contributed by atoms with E-state index in [2.05, 4.69) is 0 Å². The number of halogens is 1. The van der Waals surface area contributed by atoms with Gasteiger partial charge in [0.05, 0.1) is 11.5 Å². The molecular weight excluding hydrogens is 307 g/mol. The lowest BCUT2D eigenvalue weighted by Gasteiger charge is -2.32. The first-order valence-electron chi connectivity index (χ1n) is 5.91.